The van der Waals surface area contributed by atoms with Gasteiger partial charge in [0.25, 0.3) is 5.91 Å². The van der Waals surface area contributed by atoms with Crippen LogP contribution in [0.3, 0.4) is 0 Å². The molecule has 23 heavy (non-hydrogen) atoms. The number of hydrogen-bond donors (Lipinski definition) is 1. The van der Waals surface area contributed by atoms with Crippen molar-refractivity contribution in [3.05, 3.63) is 36.1 Å². The van der Waals surface area contributed by atoms with E-state index < -0.39 is 6.10 Å². The van der Waals surface area contributed by atoms with Crippen LogP contribution >= 0.6 is 0 Å². The fourth-order valence-electron chi connectivity index (χ4n) is 2.43. The highest BCUT2D eigenvalue weighted by Gasteiger charge is 2.31. The number of carbonyl (C=O) groups is 2. The van der Waals surface area contributed by atoms with Crippen LogP contribution in [-0.4, -0.2) is 29.6 Å². The molecule has 7 nitrogen and oxygen atoms in total. The number of amides is 2. The van der Waals surface area contributed by atoms with Crippen molar-refractivity contribution in [2.24, 2.45) is 0 Å². The molecule has 1 aliphatic rings. The van der Waals surface area contributed by atoms with Crippen LogP contribution in [0.25, 0.3) is 0 Å². The second-order valence-electron chi connectivity index (χ2n) is 5.34. The van der Waals surface area contributed by atoms with Crippen molar-refractivity contribution in [2.45, 2.75) is 26.4 Å². The van der Waals surface area contributed by atoms with Crippen molar-refractivity contribution >= 4 is 23.3 Å². The molecular weight excluding hydrogens is 298 g/mol. The molecule has 1 N–H and O–H groups in total. The van der Waals surface area contributed by atoms with Gasteiger partial charge in [0.15, 0.2) is 11.9 Å². The summed E-state index contributed by atoms with van der Waals surface area (Å²) in [5, 5.41) is 6.35. The summed E-state index contributed by atoms with van der Waals surface area (Å²) in [6, 6.07) is 8.92. The summed E-state index contributed by atoms with van der Waals surface area (Å²) < 4.78 is 10.5. The molecule has 0 unspecified atom stereocenters. The van der Waals surface area contributed by atoms with E-state index in [9.17, 15) is 9.59 Å². The van der Waals surface area contributed by atoms with Gasteiger partial charge in [-0.05, 0) is 26.0 Å². The summed E-state index contributed by atoms with van der Waals surface area (Å²) >= 11 is 0. The molecule has 0 saturated carbocycles. The smallest absolute Gasteiger partial charge is 0.267 e. The molecule has 1 aromatic carbocycles. The molecule has 0 aliphatic carbocycles. The lowest BCUT2D eigenvalue weighted by Gasteiger charge is -2.32. The monoisotopic (exact) mass is 315 g/mol. The van der Waals surface area contributed by atoms with E-state index >= 15 is 0 Å². The molecule has 3 rings (SSSR count). The summed E-state index contributed by atoms with van der Waals surface area (Å²) in [5.74, 6) is 1.24. The van der Waals surface area contributed by atoms with E-state index in [-0.39, 0.29) is 24.8 Å². The van der Waals surface area contributed by atoms with E-state index in [0.29, 0.717) is 23.0 Å². The molecule has 0 radical (unpaired) electrons. The molecule has 0 fully saturated rings. The molecule has 2 aromatic rings. The Bertz CT molecular complexity index is 740. The molecule has 1 atom stereocenters. The normalized spacial score (nSPS) is 16.7. The van der Waals surface area contributed by atoms with Crippen LogP contribution in [0.5, 0.6) is 5.75 Å². The predicted octanol–water partition coefficient (Wildman–Crippen LogP) is 2.13. The van der Waals surface area contributed by atoms with Crippen LogP contribution in [-0.2, 0) is 9.59 Å². The van der Waals surface area contributed by atoms with Gasteiger partial charge in [0, 0.05) is 19.0 Å². The molecule has 2 heterocycles. The van der Waals surface area contributed by atoms with Crippen molar-refractivity contribution in [2.75, 3.05) is 16.8 Å². The van der Waals surface area contributed by atoms with Crippen molar-refractivity contribution in [3.63, 3.8) is 0 Å². The zero-order valence-electron chi connectivity index (χ0n) is 12.9. The van der Waals surface area contributed by atoms with E-state index in [4.69, 9.17) is 9.26 Å². The minimum atomic E-state index is -0.564. The van der Waals surface area contributed by atoms with Gasteiger partial charge in [0.2, 0.25) is 5.91 Å². The number of benzene rings is 1. The van der Waals surface area contributed by atoms with Crippen LogP contribution in [0, 0.1) is 6.92 Å². The Labute approximate surface area is 133 Å². The first-order chi connectivity index (χ1) is 11.0. The lowest BCUT2D eigenvalue weighted by atomic mass is 10.1. The standard InChI is InChI=1S/C16H17N3O4/c1-10-9-14(18-23-10)17-15(20)7-8-19-12-5-3-4-6-13(12)22-11(2)16(19)21/h3-6,9,11H,7-8H2,1-2H3,(H,17,18,20)/t11-/m1/s1. The van der Waals surface area contributed by atoms with Crippen LogP contribution in [0.1, 0.15) is 19.1 Å². The molecular formula is C16H17N3O4. The van der Waals surface area contributed by atoms with E-state index in [1.165, 1.54) is 0 Å². The summed E-state index contributed by atoms with van der Waals surface area (Å²) in [6.45, 7) is 3.71. The maximum Gasteiger partial charge on any atom is 0.267 e. The van der Waals surface area contributed by atoms with Gasteiger partial charge in [-0.25, -0.2) is 0 Å². The van der Waals surface area contributed by atoms with Gasteiger partial charge in [0.1, 0.15) is 11.5 Å². The highest BCUT2D eigenvalue weighted by molar-refractivity contribution is 6.00. The Morgan fingerprint density at radius 1 is 1.39 bits per heavy atom. The number of ether oxygens (including phenoxy) is 1. The number of carbonyl (C=O) groups excluding carboxylic acids is 2. The molecule has 120 valence electrons. The van der Waals surface area contributed by atoms with Crippen molar-refractivity contribution in [1.82, 2.24) is 5.16 Å². The molecule has 0 spiro atoms. The van der Waals surface area contributed by atoms with Gasteiger partial charge in [-0.1, -0.05) is 17.3 Å². The lowest BCUT2D eigenvalue weighted by Crippen LogP contribution is -2.45. The summed E-state index contributed by atoms with van der Waals surface area (Å²) in [6.07, 6.45) is -0.412. The Balaban J connectivity index is 1.67. The number of aromatic nitrogens is 1. The molecule has 1 aliphatic heterocycles. The van der Waals surface area contributed by atoms with Crippen molar-refractivity contribution < 1.29 is 18.8 Å². The minimum absolute atomic E-state index is 0.151. The Morgan fingerprint density at radius 3 is 2.91 bits per heavy atom. The molecule has 7 heteroatoms. The van der Waals surface area contributed by atoms with E-state index in [0.717, 1.165) is 0 Å². The fourth-order valence-corrected chi connectivity index (χ4v) is 2.43. The maximum atomic E-state index is 12.3. The van der Waals surface area contributed by atoms with E-state index in [1.807, 2.05) is 18.2 Å². The number of hydrogen-bond acceptors (Lipinski definition) is 5. The molecule has 0 bridgehead atoms. The second-order valence-corrected chi connectivity index (χ2v) is 5.34. The molecule has 0 saturated heterocycles. The first-order valence-electron chi connectivity index (χ1n) is 7.35. The van der Waals surface area contributed by atoms with Gasteiger partial charge < -0.3 is 19.5 Å². The van der Waals surface area contributed by atoms with Crippen LogP contribution < -0.4 is 15.0 Å². The molecule has 1 aromatic heterocycles. The maximum absolute atomic E-state index is 12.3. The average Bonchev–Trinajstić information content (AvgIpc) is 2.93. The Kier molecular flexibility index (Phi) is 4.01. The van der Waals surface area contributed by atoms with E-state index in [2.05, 4.69) is 10.5 Å². The third-order valence-electron chi connectivity index (χ3n) is 3.53. The summed E-state index contributed by atoms with van der Waals surface area (Å²) in [5.41, 5.74) is 0.681. The summed E-state index contributed by atoms with van der Waals surface area (Å²) in [7, 11) is 0. The quantitative estimate of drug-likeness (QED) is 0.934. The van der Waals surface area contributed by atoms with Gasteiger partial charge in [-0.3, -0.25) is 9.59 Å². The van der Waals surface area contributed by atoms with Crippen LogP contribution in [0.15, 0.2) is 34.9 Å². The third-order valence-corrected chi connectivity index (χ3v) is 3.53. The highest BCUT2D eigenvalue weighted by atomic mass is 16.5. The number of fused-ring (bicyclic) bond motifs is 1. The first-order valence-corrected chi connectivity index (χ1v) is 7.35. The van der Waals surface area contributed by atoms with Crippen LogP contribution in [0.4, 0.5) is 11.5 Å². The highest BCUT2D eigenvalue weighted by Crippen LogP contribution is 2.33. The van der Waals surface area contributed by atoms with Gasteiger partial charge in [-0.15, -0.1) is 0 Å². The van der Waals surface area contributed by atoms with Crippen molar-refractivity contribution in [1.29, 1.82) is 0 Å². The number of rotatable bonds is 4. The van der Waals surface area contributed by atoms with Gasteiger partial charge in [-0.2, -0.15) is 0 Å². The first kappa shape index (κ1) is 15.1. The molecule has 2 amide bonds. The number of aryl methyl sites for hydroxylation is 1. The number of para-hydroxylation sites is 2. The zero-order valence-corrected chi connectivity index (χ0v) is 12.9. The number of nitrogens with one attached hydrogen (secondary N) is 1. The lowest BCUT2D eigenvalue weighted by molar-refractivity contribution is -0.125. The Hall–Kier alpha value is -2.83. The second kappa shape index (κ2) is 6.12. The number of anilines is 2. The largest absolute Gasteiger partial charge is 0.479 e. The minimum Gasteiger partial charge on any atom is -0.479 e. The fraction of sp³-hybridized carbons (Fsp3) is 0.312. The number of nitrogens with zero attached hydrogens (tertiary/aromatic N) is 2. The van der Waals surface area contributed by atoms with Crippen molar-refractivity contribution in [3.8, 4) is 5.75 Å². The summed E-state index contributed by atoms with van der Waals surface area (Å²) in [4.78, 5) is 25.9. The SMILES string of the molecule is Cc1cc(NC(=O)CCN2C(=O)[C@@H](C)Oc3ccccc32)no1. The van der Waals surface area contributed by atoms with Crippen LogP contribution in [0.2, 0.25) is 0 Å². The van der Waals surface area contributed by atoms with Gasteiger partial charge >= 0.3 is 0 Å². The average molecular weight is 315 g/mol. The predicted molar refractivity (Wildman–Crippen MR) is 83.4 cm³/mol. The third kappa shape index (κ3) is 3.18. The zero-order chi connectivity index (χ0) is 16.4. The topological polar surface area (TPSA) is 84.7 Å². The van der Waals surface area contributed by atoms with Gasteiger partial charge in [0.05, 0.1) is 5.69 Å². The van der Waals surface area contributed by atoms with E-state index in [1.54, 1.807) is 30.9 Å². The Morgan fingerprint density at radius 2 is 2.17 bits per heavy atom.